The molecule has 6 rings (SSSR count). The second kappa shape index (κ2) is 7.69. The number of benzene rings is 1. The van der Waals surface area contributed by atoms with E-state index in [1.807, 2.05) is 12.1 Å². The molecule has 0 N–H and O–H groups in total. The van der Waals surface area contributed by atoms with Gasteiger partial charge in [-0.25, -0.2) is 19.9 Å². The van der Waals surface area contributed by atoms with Gasteiger partial charge in [0.05, 0.1) is 21.5 Å². The Hall–Kier alpha value is -3.40. The molecule has 0 radical (unpaired) electrons. The highest BCUT2D eigenvalue weighted by Gasteiger charge is 2.17. The van der Waals surface area contributed by atoms with Crippen LogP contribution in [0.3, 0.4) is 0 Å². The van der Waals surface area contributed by atoms with Crippen LogP contribution in [0.5, 0.6) is 0 Å². The van der Waals surface area contributed by atoms with Gasteiger partial charge in [-0.1, -0.05) is 12.1 Å². The standard InChI is InChI=1S/C22H12N6S3/c1-9-23-21(24-10-1)17-7-5-15(29-17)13-3-4-14(20-19(13)27-31-28-20)16-6-8-18(30-16)22-25-11-2-12-26-22/h1-12H. The van der Waals surface area contributed by atoms with Gasteiger partial charge in [-0.3, -0.25) is 0 Å². The SMILES string of the molecule is c1cnc(-c2ccc(-c3ccc(-c4ccc(-c5ncccn5)s4)c4nsnc34)s2)nc1. The highest BCUT2D eigenvalue weighted by Crippen LogP contribution is 2.41. The van der Waals surface area contributed by atoms with Crippen molar-refractivity contribution in [1.82, 2.24) is 28.7 Å². The predicted octanol–water partition coefficient (Wildman–Crippen LogP) is 6.06. The Kier molecular flexibility index (Phi) is 4.56. The number of fused-ring (bicyclic) bond motifs is 1. The summed E-state index contributed by atoms with van der Waals surface area (Å²) in [4.78, 5) is 21.7. The maximum atomic E-state index is 4.61. The second-order valence-corrected chi connectivity index (χ2v) is 9.29. The predicted molar refractivity (Wildman–Crippen MR) is 126 cm³/mol. The van der Waals surface area contributed by atoms with Crippen LogP contribution in [0.15, 0.2) is 73.3 Å². The van der Waals surface area contributed by atoms with E-state index in [9.17, 15) is 0 Å². The Bertz CT molecular complexity index is 1380. The summed E-state index contributed by atoms with van der Waals surface area (Å²) in [7, 11) is 0. The minimum Gasteiger partial charge on any atom is -0.236 e. The average molecular weight is 457 g/mol. The number of nitrogens with zero attached hydrogens (tertiary/aromatic N) is 6. The molecule has 0 aliphatic rings. The van der Waals surface area contributed by atoms with E-state index in [1.165, 1.54) is 11.7 Å². The van der Waals surface area contributed by atoms with E-state index in [4.69, 9.17) is 0 Å². The van der Waals surface area contributed by atoms with Crippen molar-refractivity contribution < 1.29 is 0 Å². The second-order valence-electron chi connectivity index (χ2n) is 6.59. The number of hydrogen-bond acceptors (Lipinski definition) is 9. The van der Waals surface area contributed by atoms with Crippen molar-refractivity contribution in [2.75, 3.05) is 0 Å². The summed E-state index contributed by atoms with van der Waals surface area (Å²) in [5.74, 6) is 1.47. The van der Waals surface area contributed by atoms with Crippen LogP contribution in [0, 0.1) is 0 Å². The lowest BCUT2D eigenvalue weighted by molar-refractivity contribution is 1.19. The molecule has 0 bridgehead atoms. The van der Waals surface area contributed by atoms with Gasteiger partial charge in [-0.05, 0) is 36.4 Å². The van der Waals surface area contributed by atoms with Crippen molar-refractivity contribution in [2.24, 2.45) is 0 Å². The van der Waals surface area contributed by atoms with Crippen molar-refractivity contribution >= 4 is 45.4 Å². The third-order valence-electron chi connectivity index (χ3n) is 4.73. The van der Waals surface area contributed by atoms with Gasteiger partial charge < -0.3 is 0 Å². The van der Waals surface area contributed by atoms with Crippen molar-refractivity contribution in [3.63, 3.8) is 0 Å². The van der Waals surface area contributed by atoms with Gasteiger partial charge in [0.2, 0.25) is 0 Å². The molecule has 0 fully saturated rings. The maximum Gasteiger partial charge on any atom is 0.169 e. The minimum atomic E-state index is 0.734. The molecule has 0 aliphatic heterocycles. The molecule has 9 heteroatoms. The molecule has 31 heavy (non-hydrogen) atoms. The molecule has 148 valence electrons. The highest BCUT2D eigenvalue weighted by atomic mass is 32.1. The zero-order valence-corrected chi connectivity index (χ0v) is 18.3. The molecule has 0 saturated heterocycles. The summed E-state index contributed by atoms with van der Waals surface area (Å²) < 4.78 is 9.23. The van der Waals surface area contributed by atoms with Crippen LogP contribution in [0.25, 0.3) is 53.3 Å². The third-order valence-corrected chi connectivity index (χ3v) is 7.49. The van der Waals surface area contributed by atoms with E-state index in [0.29, 0.717) is 0 Å². The van der Waals surface area contributed by atoms with Gasteiger partial charge in [-0.15, -0.1) is 22.7 Å². The molecule has 0 saturated carbocycles. The molecule has 6 nitrogen and oxygen atoms in total. The first-order valence-electron chi connectivity index (χ1n) is 9.37. The lowest BCUT2D eigenvalue weighted by atomic mass is 10.1. The monoisotopic (exact) mass is 456 g/mol. The van der Waals surface area contributed by atoms with Crippen molar-refractivity contribution in [3.05, 3.63) is 73.3 Å². The molecular formula is C22H12N6S3. The smallest absolute Gasteiger partial charge is 0.169 e. The van der Waals surface area contributed by atoms with Crippen LogP contribution in [0.4, 0.5) is 0 Å². The Morgan fingerprint density at radius 2 is 0.903 bits per heavy atom. The average Bonchev–Trinajstić information content (AvgIpc) is 3.60. The molecule has 0 amide bonds. The first-order valence-corrected chi connectivity index (χ1v) is 11.7. The first-order chi connectivity index (χ1) is 15.4. The molecule has 0 spiro atoms. The zero-order valence-electron chi connectivity index (χ0n) is 15.8. The van der Waals surface area contributed by atoms with Gasteiger partial charge >= 0.3 is 0 Å². The van der Waals surface area contributed by atoms with Crippen LogP contribution >= 0.6 is 34.4 Å². The van der Waals surface area contributed by atoms with E-state index in [1.54, 1.807) is 47.5 Å². The molecule has 5 aromatic heterocycles. The molecule has 6 aromatic rings. The van der Waals surface area contributed by atoms with Gasteiger partial charge in [0, 0.05) is 45.7 Å². The molecule has 0 aliphatic carbocycles. The Labute approximate surface area is 189 Å². The number of rotatable bonds is 4. The summed E-state index contributed by atoms with van der Waals surface area (Å²) in [6.45, 7) is 0. The fourth-order valence-electron chi connectivity index (χ4n) is 3.32. The van der Waals surface area contributed by atoms with Crippen LogP contribution in [-0.4, -0.2) is 28.7 Å². The van der Waals surface area contributed by atoms with E-state index in [0.717, 1.165) is 53.3 Å². The largest absolute Gasteiger partial charge is 0.236 e. The molecule has 0 unspecified atom stereocenters. The Morgan fingerprint density at radius 1 is 0.484 bits per heavy atom. The summed E-state index contributed by atoms with van der Waals surface area (Å²) in [6.07, 6.45) is 7.04. The fourth-order valence-corrected chi connectivity index (χ4v) is 5.86. The molecule has 5 heterocycles. The van der Waals surface area contributed by atoms with Crippen LogP contribution in [0.2, 0.25) is 0 Å². The molecule has 1 aromatic carbocycles. The lowest BCUT2D eigenvalue weighted by Gasteiger charge is -2.03. The quantitative estimate of drug-likeness (QED) is 0.321. The summed E-state index contributed by atoms with van der Waals surface area (Å²) in [5.41, 5.74) is 3.97. The van der Waals surface area contributed by atoms with Gasteiger partial charge in [0.1, 0.15) is 11.0 Å². The highest BCUT2D eigenvalue weighted by molar-refractivity contribution is 7.19. The zero-order chi connectivity index (χ0) is 20.6. The molecule has 0 atom stereocenters. The van der Waals surface area contributed by atoms with E-state index in [2.05, 4.69) is 65.1 Å². The van der Waals surface area contributed by atoms with Crippen LogP contribution < -0.4 is 0 Å². The third kappa shape index (κ3) is 3.32. The van der Waals surface area contributed by atoms with E-state index < -0.39 is 0 Å². The maximum absolute atomic E-state index is 4.61. The van der Waals surface area contributed by atoms with Crippen LogP contribution in [-0.2, 0) is 0 Å². The summed E-state index contributed by atoms with van der Waals surface area (Å²) in [6, 6.07) is 16.2. The van der Waals surface area contributed by atoms with E-state index in [-0.39, 0.29) is 0 Å². The topological polar surface area (TPSA) is 77.3 Å². The van der Waals surface area contributed by atoms with Gasteiger partial charge in [-0.2, -0.15) is 8.75 Å². The number of aromatic nitrogens is 6. The summed E-state index contributed by atoms with van der Waals surface area (Å²) in [5, 5.41) is 0. The van der Waals surface area contributed by atoms with E-state index >= 15 is 0 Å². The van der Waals surface area contributed by atoms with Crippen molar-refractivity contribution in [2.45, 2.75) is 0 Å². The molecular weight excluding hydrogens is 444 g/mol. The fraction of sp³-hybridized carbons (Fsp3) is 0. The minimum absolute atomic E-state index is 0.734. The number of hydrogen-bond donors (Lipinski definition) is 0. The summed E-state index contributed by atoms with van der Waals surface area (Å²) >= 11 is 4.55. The van der Waals surface area contributed by atoms with Crippen molar-refractivity contribution in [3.8, 4) is 42.3 Å². The lowest BCUT2D eigenvalue weighted by Crippen LogP contribution is -1.83. The normalized spacial score (nSPS) is 11.2. The van der Waals surface area contributed by atoms with Crippen LogP contribution in [0.1, 0.15) is 0 Å². The van der Waals surface area contributed by atoms with Gasteiger partial charge in [0.15, 0.2) is 11.6 Å². The Balaban J connectivity index is 1.41. The first kappa shape index (κ1) is 18.4. The number of thiophene rings is 2. The van der Waals surface area contributed by atoms with Gasteiger partial charge in [0.25, 0.3) is 0 Å². The van der Waals surface area contributed by atoms with Crippen molar-refractivity contribution in [1.29, 1.82) is 0 Å². The Morgan fingerprint density at radius 3 is 1.35 bits per heavy atom.